The molecule has 4 nitrogen and oxygen atoms in total. The monoisotopic (exact) mass is 638 g/mol. The first kappa shape index (κ1) is 28.6. The van der Waals surface area contributed by atoms with Gasteiger partial charge in [0.15, 0.2) is 49.6 Å². The van der Waals surface area contributed by atoms with E-state index in [9.17, 15) is 0 Å². The lowest BCUT2D eigenvalue weighted by Crippen LogP contribution is -2.35. The van der Waals surface area contributed by atoms with E-state index in [2.05, 4.69) is 148 Å². The molecule has 38 heavy (non-hydrogen) atoms. The van der Waals surface area contributed by atoms with Gasteiger partial charge in [-0.15, -0.1) is 0 Å². The second-order valence-electron chi connectivity index (χ2n) is 9.80. The summed E-state index contributed by atoms with van der Waals surface area (Å²) in [5.41, 5.74) is 5.09. The maximum atomic E-state index is 3.51. The average molecular weight is 641 g/mol. The molecule has 0 N–H and O–H groups in total. The predicted octanol–water partition coefficient (Wildman–Crippen LogP) is 6.00. The maximum absolute atomic E-state index is 3.51. The summed E-state index contributed by atoms with van der Waals surface area (Å²) in [6.07, 6.45) is 24.8. The van der Waals surface area contributed by atoms with E-state index in [1.54, 1.807) is 0 Å². The van der Waals surface area contributed by atoms with Gasteiger partial charge in [0.1, 0.15) is 26.2 Å². The zero-order valence-electron chi connectivity index (χ0n) is 22.3. The van der Waals surface area contributed by atoms with Gasteiger partial charge in [0.25, 0.3) is 0 Å². The number of hydrogen-bond acceptors (Lipinski definition) is 0. The molecule has 0 aliphatic heterocycles. The second kappa shape index (κ2) is 15.8. The quantitative estimate of drug-likeness (QED) is 0.0862. The van der Waals surface area contributed by atoms with Crippen molar-refractivity contribution < 1.29 is 18.3 Å². The molecular weight excluding hydrogens is 600 g/mol. The molecule has 0 bridgehead atoms. The van der Waals surface area contributed by atoms with Crippen molar-refractivity contribution in [2.45, 2.75) is 64.7 Å². The topological polar surface area (TPSA) is 15.5 Å². The largest absolute Gasteiger partial charge is 0.205 e. The SMILES string of the molecule is BrCCCC[n+]1ccc(-c2cc[n+](CCCC[n+]3ccc(-c4cc[n+](CCCCBr)cc4)cc3)cc2)cc1. The van der Waals surface area contributed by atoms with Gasteiger partial charge in [-0.05, 0) is 35.1 Å². The minimum absolute atomic E-state index is 1.04. The summed E-state index contributed by atoms with van der Waals surface area (Å²) < 4.78 is 9.13. The number of alkyl halides is 2. The first-order chi connectivity index (χ1) is 18.7. The number of rotatable bonds is 15. The van der Waals surface area contributed by atoms with Crippen LogP contribution in [0.15, 0.2) is 98.1 Å². The molecule has 4 aromatic rings. The Labute approximate surface area is 244 Å². The molecule has 0 aliphatic rings. The Bertz CT molecular complexity index is 1110. The van der Waals surface area contributed by atoms with Crippen LogP contribution in [0.3, 0.4) is 0 Å². The summed E-state index contributed by atoms with van der Waals surface area (Å²) in [6.45, 7) is 4.24. The third kappa shape index (κ3) is 9.09. The van der Waals surface area contributed by atoms with E-state index in [-0.39, 0.29) is 0 Å². The van der Waals surface area contributed by atoms with Crippen molar-refractivity contribution in [1.29, 1.82) is 0 Å². The van der Waals surface area contributed by atoms with E-state index in [1.165, 1.54) is 47.9 Å². The first-order valence-electron chi connectivity index (χ1n) is 13.8. The minimum atomic E-state index is 1.04. The molecule has 6 heteroatoms. The molecule has 0 fully saturated rings. The van der Waals surface area contributed by atoms with Crippen LogP contribution in [0, 0.1) is 0 Å². The third-order valence-electron chi connectivity index (χ3n) is 6.91. The van der Waals surface area contributed by atoms with Crippen molar-refractivity contribution in [3.63, 3.8) is 0 Å². The van der Waals surface area contributed by atoms with Crippen molar-refractivity contribution in [3.05, 3.63) is 98.1 Å². The lowest BCUT2D eigenvalue weighted by molar-refractivity contribution is -0.708. The number of aryl methyl sites for hydroxylation is 4. The fourth-order valence-corrected chi connectivity index (χ4v) is 5.35. The Morgan fingerprint density at radius 1 is 0.342 bits per heavy atom. The number of unbranched alkanes of at least 4 members (excludes halogenated alkanes) is 3. The Morgan fingerprint density at radius 3 is 0.763 bits per heavy atom. The van der Waals surface area contributed by atoms with Gasteiger partial charge in [0.05, 0.1) is 0 Å². The molecule has 4 heterocycles. The lowest BCUT2D eigenvalue weighted by atomic mass is 10.1. The van der Waals surface area contributed by atoms with Gasteiger partial charge in [-0.1, -0.05) is 31.9 Å². The standard InChI is InChI=1S/C32H40Br2N4/c33-15-1-3-17-35-21-7-29(8-22-35)31-11-25-37(26-12-31)19-5-6-20-38-27-13-32(14-28-38)30-9-23-36(24-10-30)18-4-2-16-34/h7-14,21-28H,1-6,15-20H2/q+4. The molecule has 0 radical (unpaired) electrons. The molecule has 0 saturated carbocycles. The summed E-state index contributed by atoms with van der Waals surface area (Å²) in [6, 6.07) is 17.8. The number of aromatic nitrogens is 4. The third-order valence-corrected chi connectivity index (χ3v) is 8.04. The van der Waals surface area contributed by atoms with Crippen LogP contribution in [0.2, 0.25) is 0 Å². The van der Waals surface area contributed by atoms with E-state index in [0.717, 1.165) is 49.7 Å². The van der Waals surface area contributed by atoms with E-state index in [4.69, 9.17) is 0 Å². The zero-order valence-corrected chi connectivity index (χ0v) is 25.4. The van der Waals surface area contributed by atoms with Gasteiger partial charge in [0.2, 0.25) is 0 Å². The van der Waals surface area contributed by atoms with Crippen LogP contribution in [0.5, 0.6) is 0 Å². The van der Waals surface area contributed by atoms with E-state index in [1.807, 2.05) is 0 Å². The van der Waals surface area contributed by atoms with Crippen LogP contribution in [0.25, 0.3) is 22.3 Å². The Kier molecular flexibility index (Phi) is 11.9. The smallest absolute Gasteiger partial charge is 0.169 e. The van der Waals surface area contributed by atoms with Crippen molar-refractivity contribution in [3.8, 4) is 22.3 Å². The molecule has 0 spiro atoms. The normalized spacial score (nSPS) is 11.1. The minimum Gasteiger partial charge on any atom is -0.205 e. The molecule has 4 aromatic heterocycles. The van der Waals surface area contributed by atoms with Gasteiger partial charge < -0.3 is 0 Å². The number of nitrogens with zero attached hydrogens (tertiary/aromatic N) is 4. The molecule has 0 saturated heterocycles. The fourth-order valence-electron chi connectivity index (χ4n) is 4.56. The molecule has 0 aliphatic carbocycles. The average Bonchev–Trinajstić information content (AvgIpc) is 2.97. The Hall–Kier alpha value is -2.44. The van der Waals surface area contributed by atoms with Crippen LogP contribution < -0.4 is 18.3 Å². The van der Waals surface area contributed by atoms with Crippen LogP contribution in [-0.4, -0.2) is 10.7 Å². The fraction of sp³-hybridized carbons (Fsp3) is 0.375. The second-order valence-corrected chi connectivity index (χ2v) is 11.4. The van der Waals surface area contributed by atoms with E-state index in [0.29, 0.717) is 0 Å². The van der Waals surface area contributed by atoms with E-state index >= 15 is 0 Å². The van der Waals surface area contributed by atoms with Crippen molar-refractivity contribution in [1.82, 2.24) is 0 Å². The molecule has 0 amide bonds. The highest BCUT2D eigenvalue weighted by Gasteiger charge is 2.08. The van der Waals surface area contributed by atoms with Crippen LogP contribution in [0.4, 0.5) is 0 Å². The number of pyridine rings is 4. The zero-order chi connectivity index (χ0) is 26.4. The highest BCUT2D eigenvalue weighted by Crippen LogP contribution is 2.17. The molecule has 0 atom stereocenters. The van der Waals surface area contributed by atoms with Crippen LogP contribution in [-0.2, 0) is 26.2 Å². The summed E-state index contributed by atoms with van der Waals surface area (Å²) in [5, 5.41) is 2.16. The number of halogens is 2. The maximum Gasteiger partial charge on any atom is 0.169 e. The molecule has 198 valence electrons. The van der Waals surface area contributed by atoms with Crippen molar-refractivity contribution in [2.75, 3.05) is 10.7 Å². The summed E-state index contributed by atoms with van der Waals surface area (Å²) in [7, 11) is 0. The van der Waals surface area contributed by atoms with Gasteiger partial charge >= 0.3 is 0 Å². The first-order valence-corrected chi connectivity index (χ1v) is 16.1. The highest BCUT2D eigenvalue weighted by molar-refractivity contribution is 9.09. The summed E-state index contributed by atoms with van der Waals surface area (Å²) >= 11 is 7.01. The van der Waals surface area contributed by atoms with Gasteiger partial charge in [-0.25, -0.2) is 18.3 Å². The van der Waals surface area contributed by atoms with Gasteiger partial charge in [-0.3, -0.25) is 0 Å². The van der Waals surface area contributed by atoms with E-state index < -0.39 is 0 Å². The van der Waals surface area contributed by atoms with Crippen LogP contribution in [0.1, 0.15) is 38.5 Å². The molecule has 4 rings (SSSR count). The Morgan fingerprint density at radius 2 is 0.553 bits per heavy atom. The number of hydrogen-bond donors (Lipinski definition) is 0. The summed E-state index contributed by atoms with van der Waals surface area (Å²) in [4.78, 5) is 0. The predicted molar refractivity (Wildman–Crippen MR) is 160 cm³/mol. The lowest BCUT2D eigenvalue weighted by Gasteiger charge is -2.03. The Balaban J connectivity index is 1.19. The van der Waals surface area contributed by atoms with Crippen molar-refractivity contribution >= 4 is 31.9 Å². The molecule has 0 aromatic carbocycles. The van der Waals surface area contributed by atoms with Crippen molar-refractivity contribution in [2.24, 2.45) is 0 Å². The molecule has 0 unspecified atom stereocenters. The van der Waals surface area contributed by atoms with Gasteiger partial charge in [0, 0.05) is 84.9 Å². The van der Waals surface area contributed by atoms with Gasteiger partial charge in [-0.2, -0.15) is 0 Å². The molecular formula is C32H40Br2N4+4. The van der Waals surface area contributed by atoms with Crippen LogP contribution >= 0.6 is 31.9 Å². The summed E-state index contributed by atoms with van der Waals surface area (Å²) in [5.74, 6) is 0. The highest BCUT2D eigenvalue weighted by atomic mass is 79.9.